The van der Waals surface area contributed by atoms with E-state index in [2.05, 4.69) is 39.8 Å². The Morgan fingerprint density at radius 3 is 2.75 bits per heavy atom. The van der Waals surface area contributed by atoms with E-state index in [1.807, 2.05) is 0 Å². The second kappa shape index (κ2) is 7.54. The molecule has 1 saturated heterocycles. The van der Waals surface area contributed by atoms with Gasteiger partial charge in [-0.1, -0.05) is 24.3 Å². The van der Waals surface area contributed by atoms with E-state index in [0.717, 1.165) is 50.2 Å². The number of fused-ring (bicyclic) bond motifs is 1. The van der Waals surface area contributed by atoms with Crippen LogP contribution in [0.2, 0.25) is 0 Å². The number of imide groups is 1. The molecule has 1 aliphatic carbocycles. The highest BCUT2D eigenvalue weighted by atomic mass is 16.2. The summed E-state index contributed by atoms with van der Waals surface area (Å²) in [7, 11) is 0. The second-order valence-corrected chi connectivity index (χ2v) is 8.30. The van der Waals surface area contributed by atoms with Gasteiger partial charge in [0.25, 0.3) is 5.91 Å². The highest BCUT2D eigenvalue weighted by molar-refractivity contribution is 6.09. The van der Waals surface area contributed by atoms with Gasteiger partial charge in [-0.05, 0) is 49.7 Å². The number of hydrogen-bond acceptors (Lipinski definition) is 4. The summed E-state index contributed by atoms with van der Waals surface area (Å²) < 4.78 is 0. The number of carbonyl (C=O) groups is 3. The van der Waals surface area contributed by atoms with E-state index in [1.165, 1.54) is 11.1 Å². The molecule has 0 spiro atoms. The topological polar surface area (TPSA) is 81.8 Å². The lowest BCUT2D eigenvalue weighted by molar-refractivity contribution is -0.135. The van der Waals surface area contributed by atoms with E-state index in [-0.39, 0.29) is 24.3 Å². The Morgan fingerprint density at radius 1 is 1.25 bits per heavy atom. The Morgan fingerprint density at radius 2 is 2.00 bits per heavy atom. The molecule has 4 amide bonds. The standard InChI is InChI=1S/C21H28N4O3/c1-21(17-7-8-17)19(27)25(20(28)23-21)14-18(26)22-10-4-11-24-12-9-15-5-2-3-6-16(15)13-24/h2-3,5-6,17H,4,7-14H2,1H3,(H,22,26)(H,23,28). The third kappa shape index (κ3) is 3.76. The minimum Gasteiger partial charge on any atom is -0.354 e. The lowest BCUT2D eigenvalue weighted by Crippen LogP contribution is -2.47. The monoisotopic (exact) mass is 384 g/mol. The Bertz CT molecular complexity index is 792. The van der Waals surface area contributed by atoms with Crippen LogP contribution in [-0.2, 0) is 22.6 Å². The van der Waals surface area contributed by atoms with Crippen molar-refractivity contribution in [3.05, 3.63) is 35.4 Å². The SMILES string of the molecule is CC1(C2CC2)NC(=O)N(CC(=O)NCCCN2CCc3ccccc3C2)C1=O. The molecule has 1 saturated carbocycles. The largest absolute Gasteiger partial charge is 0.354 e. The lowest BCUT2D eigenvalue weighted by Gasteiger charge is -2.28. The van der Waals surface area contributed by atoms with Crippen LogP contribution in [0.15, 0.2) is 24.3 Å². The van der Waals surface area contributed by atoms with Gasteiger partial charge >= 0.3 is 6.03 Å². The molecule has 1 aromatic carbocycles. The van der Waals surface area contributed by atoms with Crippen molar-refractivity contribution >= 4 is 17.8 Å². The van der Waals surface area contributed by atoms with Gasteiger partial charge < -0.3 is 10.6 Å². The molecule has 7 nitrogen and oxygen atoms in total. The molecule has 2 heterocycles. The summed E-state index contributed by atoms with van der Waals surface area (Å²) in [4.78, 5) is 40.3. The minimum absolute atomic E-state index is 0.201. The van der Waals surface area contributed by atoms with E-state index in [1.54, 1.807) is 6.92 Å². The first-order chi connectivity index (χ1) is 13.5. The van der Waals surface area contributed by atoms with Crippen molar-refractivity contribution < 1.29 is 14.4 Å². The van der Waals surface area contributed by atoms with Crippen LogP contribution in [0.3, 0.4) is 0 Å². The van der Waals surface area contributed by atoms with Gasteiger partial charge in [0.1, 0.15) is 12.1 Å². The van der Waals surface area contributed by atoms with Crippen molar-refractivity contribution in [2.24, 2.45) is 5.92 Å². The quantitative estimate of drug-likeness (QED) is 0.548. The van der Waals surface area contributed by atoms with Crippen molar-refractivity contribution in [3.63, 3.8) is 0 Å². The Balaban J connectivity index is 1.18. The molecule has 7 heteroatoms. The Hall–Kier alpha value is -2.41. The van der Waals surface area contributed by atoms with Crippen LogP contribution in [0.5, 0.6) is 0 Å². The van der Waals surface area contributed by atoms with Crippen LogP contribution in [-0.4, -0.2) is 59.4 Å². The molecule has 2 fully saturated rings. The van der Waals surface area contributed by atoms with Crippen LogP contribution in [0, 0.1) is 5.92 Å². The van der Waals surface area contributed by atoms with E-state index in [9.17, 15) is 14.4 Å². The number of nitrogens with zero attached hydrogens (tertiary/aromatic N) is 2. The summed E-state index contributed by atoms with van der Waals surface area (Å²) in [6.45, 7) is 5.00. The molecule has 2 N–H and O–H groups in total. The number of amides is 4. The summed E-state index contributed by atoms with van der Waals surface area (Å²) in [5.41, 5.74) is 1.98. The highest BCUT2D eigenvalue weighted by Crippen LogP contribution is 2.42. The first-order valence-corrected chi connectivity index (χ1v) is 10.2. The molecular weight excluding hydrogens is 356 g/mol. The summed E-state index contributed by atoms with van der Waals surface area (Å²) in [6, 6.07) is 8.07. The molecule has 150 valence electrons. The predicted octanol–water partition coefficient (Wildman–Crippen LogP) is 1.27. The molecule has 2 aliphatic heterocycles. The molecule has 1 atom stereocenters. The van der Waals surface area contributed by atoms with Gasteiger partial charge in [0.2, 0.25) is 5.91 Å². The summed E-state index contributed by atoms with van der Waals surface area (Å²) in [5, 5.41) is 5.61. The van der Waals surface area contributed by atoms with Crippen LogP contribution in [0.1, 0.15) is 37.3 Å². The Kier molecular flexibility index (Phi) is 5.10. The van der Waals surface area contributed by atoms with Gasteiger partial charge in [-0.3, -0.25) is 19.4 Å². The zero-order valence-corrected chi connectivity index (χ0v) is 16.4. The fraction of sp³-hybridized carbons (Fsp3) is 0.571. The summed E-state index contributed by atoms with van der Waals surface area (Å²) in [5.74, 6) is -0.360. The molecule has 0 aromatic heterocycles. The van der Waals surface area contributed by atoms with Crippen LogP contribution >= 0.6 is 0 Å². The van der Waals surface area contributed by atoms with Gasteiger partial charge in [-0.15, -0.1) is 0 Å². The first-order valence-electron chi connectivity index (χ1n) is 10.2. The number of rotatable bonds is 7. The van der Waals surface area contributed by atoms with Crippen molar-refractivity contribution in [1.29, 1.82) is 0 Å². The van der Waals surface area contributed by atoms with E-state index in [0.29, 0.717) is 6.54 Å². The lowest BCUT2D eigenvalue weighted by atomic mass is 9.96. The second-order valence-electron chi connectivity index (χ2n) is 8.30. The van der Waals surface area contributed by atoms with Crippen LogP contribution < -0.4 is 10.6 Å². The molecule has 0 bridgehead atoms. The van der Waals surface area contributed by atoms with Gasteiger partial charge in [0.05, 0.1) is 0 Å². The number of hydrogen-bond donors (Lipinski definition) is 2. The van der Waals surface area contributed by atoms with Crippen molar-refractivity contribution in [2.75, 3.05) is 26.2 Å². The zero-order valence-electron chi connectivity index (χ0n) is 16.4. The molecule has 0 radical (unpaired) electrons. The number of benzene rings is 1. The Labute approximate surface area is 165 Å². The molecular formula is C21H28N4O3. The molecule has 1 unspecified atom stereocenters. The summed E-state index contributed by atoms with van der Waals surface area (Å²) in [6.07, 6.45) is 3.80. The van der Waals surface area contributed by atoms with E-state index in [4.69, 9.17) is 0 Å². The molecule has 1 aromatic rings. The average Bonchev–Trinajstić information content (AvgIpc) is 3.51. The van der Waals surface area contributed by atoms with Crippen molar-refractivity contribution in [2.45, 2.75) is 44.7 Å². The van der Waals surface area contributed by atoms with Crippen molar-refractivity contribution in [3.8, 4) is 0 Å². The third-order valence-electron chi connectivity index (χ3n) is 6.18. The first kappa shape index (κ1) is 18.9. The van der Waals surface area contributed by atoms with E-state index < -0.39 is 11.6 Å². The fourth-order valence-corrected chi connectivity index (χ4v) is 4.27. The highest BCUT2D eigenvalue weighted by Gasteiger charge is 2.56. The van der Waals surface area contributed by atoms with Gasteiger partial charge in [-0.25, -0.2) is 4.79 Å². The number of carbonyl (C=O) groups excluding carboxylic acids is 3. The number of nitrogens with one attached hydrogen (secondary N) is 2. The van der Waals surface area contributed by atoms with Gasteiger partial charge in [0, 0.05) is 26.2 Å². The fourth-order valence-electron chi connectivity index (χ4n) is 4.27. The maximum Gasteiger partial charge on any atom is 0.325 e. The normalized spacial score (nSPS) is 24.8. The smallest absolute Gasteiger partial charge is 0.325 e. The van der Waals surface area contributed by atoms with Crippen LogP contribution in [0.25, 0.3) is 0 Å². The molecule has 3 aliphatic rings. The molecule has 4 rings (SSSR count). The van der Waals surface area contributed by atoms with E-state index >= 15 is 0 Å². The predicted molar refractivity (Wildman–Crippen MR) is 104 cm³/mol. The zero-order chi connectivity index (χ0) is 19.7. The maximum absolute atomic E-state index is 12.5. The van der Waals surface area contributed by atoms with Crippen molar-refractivity contribution in [1.82, 2.24) is 20.4 Å². The van der Waals surface area contributed by atoms with Crippen LogP contribution in [0.4, 0.5) is 4.79 Å². The summed E-state index contributed by atoms with van der Waals surface area (Å²) >= 11 is 0. The minimum atomic E-state index is -0.831. The third-order valence-corrected chi connectivity index (χ3v) is 6.18. The molecule has 28 heavy (non-hydrogen) atoms. The van der Waals surface area contributed by atoms with Gasteiger partial charge in [0.15, 0.2) is 0 Å². The maximum atomic E-state index is 12.5. The average molecular weight is 384 g/mol. The van der Waals surface area contributed by atoms with Gasteiger partial charge in [-0.2, -0.15) is 0 Å². The number of urea groups is 1.